The number of imidazole rings is 1. The fourth-order valence-corrected chi connectivity index (χ4v) is 3.46. The first kappa shape index (κ1) is 17.4. The predicted octanol–water partition coefficient (Wildman–Crippen LogP) is 3.15. The van der Waals surface area contributed by atoms with E-state index in [1.165, 1.54) is 0 Å². The van der Waals surface area contributed by atoms with E-state index in [1.54, 1.807) is 30.3 Å². The second kappa shape index (κ2) is 6.69. The van der Waals surface area contributed by atoms with Crippen LogP contribution >= 0.6 is 0 Å². The molecule has 0 fully saturated rings. The highest BCUT2D eigenvalue weighted by Crippen LogP contribution is 2.23. The van der Waals surface area contributed by atoms with Crippen molar-refractivity contribution in [3.05, 3.63) is 54.2 Å². The molecule has 4 aromatic rings. The molecule has 9 heteroatoms. The second-order valence-electron chi connectivity index (χ2n) is 7.05. The minimum Gasteiger partial charge on any atom is -0.439 e. The molecule has 4 aromatic heterocycles. The third kappa shape index (κ3) is 3.31. The van der Waals surface area contributed by atoms with E-state index in [-0.39, 0.29) is 6.03 Å². The van der Waals surface area contributed by atoms with Gasteiger partial charge in [0.15, 0.2) is 11.7 Å². The number of urea groups is 1. The number of hydrogen-bond donors (Lipinski definition) is 1. The van der Waals surface area contributed by atoms with Crippen molar-refractivity contribution in [3.8, 4) is 11.5 Å². The van der Waals surface area contributed by atoms with Gasteiger partial charge in [0.1, 0.15) is 17.3 Å². The molecule has 0 radical (unpaired) electrons. The molecule has 0 aliphatic carbocycles. The summed E-state index contributed by atoms with van der Waals surface area (Å²) in [5, 5.41) is 3.74. The van der Waals surface area contributed by atoms with Crippen LogP contribution in [0.15, 0.2) is 41.2 Å². The zero-order valence-corrected chi connectivity index (χ0v) is 16.1. The van der Waals surface area contributed by atoms with Crippen molar-refractivity contribution in [3.63, 3.8) is 0 Å². The maximum absolute atomic E-state index is 12.7. The first-order chi connectivity index (χ1) is 14.0. The van der Waals surface area contributed by atoms with Crippen LogP contribution in [0.4, 0.5) is 10.6 Å². The standard InChI is InChI=1S/C20H19N7O2/c1-12-10-26-5-6-27(11-19(26)23-12)20(28)25-18-7-16-14(8-22-18)3-4-15(24-16)17-9-21-13(2)29-17/h3-4,7-10H,5-6,11H2,1-2H3,(H,22,25,28). The molecule has 0 saturated carbocycles. The van der Waals surface area contributed by atoms with Crippen LogP contribution in [0.2, 0.25) is 0 Å². The zero-order valence-electron chi connectivity index (χ0n) is 16.1. The summed E-state index contributed by atoms with van der Waals surface area (Å²) in [4.78, 5) is 32.0. The van der Waals surface area contributed by atoms with Gasteiger partial charge in [-0.05, 0) is 19.1 Å². The number of aryl methyl sites for hydroxylation is 2. The van der Waals surface area contributed by atoms with Gasteiger partial charge >= 0.3 is 6.03 Å². The van der Waals surface area contributed by atoms with E-state index in [2.05, 4.69) is 29.8 Å². The number of anilines is 1. The van der Waals surface area contributed by atoms with E-state index in [1.807, 2.05) is 25.3 Å². The third-order valence-corrected chi connectivity index (χ3v) is 4.89. The van der Waals surface area contributed by atoms with E-state index in [0.29, 0.717) is 41.8 Å². The monoisotopic (exact) mass is 389 g/mol. The molecule has 9 nitrogen and oxygen atoms in total. The summed E-state index contributed by atoms with van der Waals surface area (Å²) < 4.78 is 7.64. The van der Waals surface area contributed by atoms with Crippen molar-refractivity contribution >= 4 is 22.8 Å². The fraction of sp³-hybridized carbons (Fsp3) is 0.250. The van der Waals surface area contributed by atoms with E-state index in [9.17, 15) is 4.79 Å². The molecule has 0 saturated heterocycles. The van der Waals surface area contributed by atoms with Crippen LogP contribution in [-0.2, 0) is 13.1 Å². The van der Waals surface area contributed by atoms with Crippen LogP contribution in [0.3, 0.4) is 0 Å². The molecule has 146 valence electrons. The maximum atomic E-state index is 12.7. The Morgan fingerprint density at radius 3 is 2.86 bits per heavy atom. The number of hydrogen-bond acceptors (Lipinski definition) is 6. The van der Waals surface area contributed by atoms with Gasteiger partial charge in [0.2, 0.25) is 0 Å². The topological polar surface area (TPSA) is 102 Å². The molecule has 2 amide bonds. The first-order valence-corrected chi connectivity index (χ1v) is 9.33. The molecule has 0 atom stereocenters. The minimum absolute atomic E-state index is 0.203. The summed E-state index contributed by atoms with van der Waals surface area (Å²) in [6.45, 7) is 5.57. The Morgan fingerprint density at radius 1 is 1.14 bits per heavy atom. The Kier molecular flexibility index (Phi) is 4.01. The average Bonchev–Trinajstić information content (AvgIpc) is 3.31. The quantitative estimate of drug-likeness (QED) is 0.565. The van der Waals surface area contributed by atoms with Crippen molar-refractivity contribution in [1.82, 2.24) is 29.4 Å². The van der Waals surface area contributed by atoms with Gasteiger partial charge in [-0.2, -0.15) is 0 Å². The van der Waals surface area contributed by atoms with Gasteiger partial charge in [0.25, 0.3) is 0 Å². The smallest absolute Gasteiger partial charge is 0.323 e. The lowest BCUT2D eigenvalue weighted by Gasteiger charge is -2.27. The molecule has 1 N–H and O–H groups in total. The van der Waals surface area contributed by atoms with Gasteiger partial charge in [-0.3, -0.25) is 5.32 Å². The lowest BCUT2D eigenvalue weighted by Crippen LogP contribution is -2.40. The molecular formula is C20H19N7O2. The number of pyridine rings is 2. The van der Waals surface area contributed by atoms with Crippen LogP contribution < -0.4 is 5.32 Å². The van der Waals surface area contributed by atoms with E-state index < -0.39 is 0 Å². The van der Waals surface area contributed by atoms with Crippen molar-refractivity contribution in [1.29, 1.82) is 0 Å². The Morgan fingerprint density at radius 2 is 2.03 bits per heavy atom. The van der Waals surface area contributed by atoms with E-state index in [0.717, 1.165) is 23.4 Å². The van der Waals surface area contributed by atoms with Crippen molar-refractivity contribution < 1.29 is 9.21 Å². The normalized spacial score (nSPS) is 13.5. The van der Waals surface area contributed by atoms with Gasteiger partial charge in [-0.25, -0.2) is 24.7 Å². The fourth-order valence-electron chi connectivity index (χ4n) is 3.46. The number of nitrogens with zero attached hydrogens (tertiary/aromatic N) is 6. The first-order valence-electron chi connectivity index (χ1n) is 9.33. The molecule has 1 aliphatic heterocycles. The summed E-state index contributed by atoms with van der Waals surface area (Å²) in [6.07, 6.45) is 5.35. The summed E-state index contributed by atoms with van der Waals surface area (Å²) in [5.74, 6) is 2.53. The van der Waals surface area contributed by atoms with Gasteiger partial charge in [-0.15, -0.1) is 0 Å². The molecule has 0 unspecified atom stereocenters. The molecule has 1 aliphatic rings. The van der Waals surface area contributed by atoms with E-state index in [4.69, 9.17) is 4.42 Å². The molecule has 5 rings (SSSR count). The summed E-state index contributed by atoms with van der Waals surface area (Å²) >= 11 is 0. The van der Waals surface area contributed by atoms with Crippen molar-refractivity contribution in [2.24, 2.45) is 0 Å². The predicted molar refractivity (Wildman–Crippen MR) is 106 cm³/mol. The van der Waals surface area contributed by atoms with Crippen LogP contribution in [0.25, 0.3) is 22.4 Å². The number of carbonyl (C=O) groups is 1. The molecular weight excluding hydrogens is 370 g/mol. The molecule has 5 heterocycles. The minimum atomic E-state index is -0.203. The van der Waals surface area contributed by atoms with Crippen LogP contribution in [0.5, 0.6) is 0 Å². The lowest BCUT2D eigenvalue weighted by atomic mass is 10.2. The molecule has 0 bridgehead atoms. The van der Waals surface area contributed by atoms with Gasteiger partial charge < -0.3 is 13.9 Å². The molecule has 0 spiro atoms. The number of nitrogens with one attached hydrogen (secondary N) is 1. The van der Waals surface area contributed by atoms with Gasteiger partial charge in [0.05, 0.1) is 24.0 Å². The maximum Gasteiger partial charge on any atom is 0.323 e. The van der Waals surface area contributed by atoms with Crippen LogP contribution in [0.1, 0.15) is 17.4 Å². The summed E-state index contributed by atoms with van der Waals surface area (Å²) in [6, 6.07) is 5.33. The van der Waals surface area contributed by atoms with Gasteiger partial charge in [0, 0.05) is 43.9 Å². The Hall–Kier alpha value is -3.75. The summed E-state index contributed by atoms with van der Waals surface area (Å²) in [5.41, 5.74) is 2.36. The highest BCUT2D eigenvalue weighted by Gasteiger charge is 2.22. The number of rotatable bonds is 2. The SMILES string of the molecule is Cc1cn2c(n1)CN(C(=O)Nc1cc3nc(-c4cnc(C)o4)ccc3cn1)CC2. The highest BCUT2D eigenvalue weighted by molar-refractivity contribution is 5.91. The zero-order chi connectivity index (χ0) is 20.0. The van der Waals surface area contributed by atoms with Crippen molar-refractivity contribution in [2.75, 3.05) is 11.9 Å². The van der Waals surface area contributed by atoms with Crippen LogP contribution in [-0.4, -0.2) is 42.0 Å². The third-order valence-electron chi connectivity index (χ3n) is 4.89. The molecule has 0 aromatic carbocycles. The Bertz CT molecular complexity index is 1230. The number of carbonyl (C=O) groups excluding carboxylic acids is 1. The average molecular weight is 389 g/mol. The van der Waals surface area contributed by atoms with Gasteiger partial charge in [-0.1, -0.05) is 0 Å². The number of fused-ring (bicyclic) bond motifs is 2. The Labute approximate surface area is 166 Å². The highest BCUT2D eigenvalue weighted by atomic mass is 16.4. The number of amides is 2. The van der Waals surface area contributed by atoms with Crippen LogP contribution in [0, 0.1) is 13.8 Å². The molecule has 29 heavy (non-hydrogen) atoms. The van der Waals surface area contributed by atoms with Crippen molar-refractivity contribution in [2.45, 2.75) is 26.9 Å². The second-order valence-corrected chi connectivity index (χ2v) is 7.05. The number of oxazole rings is 1. The lowest BCUT2D eigenvalue weighted by molar-refractivity contribution is 0.195. The summed E-state index contributed by atoms with van der Waals surface area (Å²) in [7, 11) is 0. The number of aromatic nitrogens is 5. The van der Waals surface area contributed by atoms with E-state index >= 15 is 0 Å². The Balaban J connectivity index is 1.36. The largest absolute Gasteiger partial charge is 0.439 e.